The third-order valence-electron chi connectivity index (χ3n) is 8.71. The topological polar surface area (TPSA) is 145 Å². The number of carboxylic acid groups (broad SMARTS) is 1. The number of hydrogen-bond donors (Lipinski definition) is 4. The number of nitrogens with one attached hydrogen (secondary N) is 3. The molecule has 0 heterocycles. The minimum atomic E-state index is -4.06. The molecular formula is C38H42N4O6S. The number of aryl methyl sites for hydroxylation is 1. The van der Waals surface area contributed by atoms with Crippen LogP contribution in [-0.4, -0.2) is 38.0 Å². The number of aliphatic carboxylic acids is 1. The van der Waals surface area contributed by atoms with E-state index in [1.165, 1.54) is 35.8 Å². The van der Waals surface area contributed by atoms with Crippen LogP contribution >= 0.6 is 0 Å². The second-order valence-electron chi connectivity index (χ2n) is 12.2. The molecule has 1 fully saturated rings. The highest BCUT2D eigenvalue weighted by Gasteiger charge is 2.24. The van der Waals surface area contributed by atoms with Crippen LogP contribution in [0, 0.1) is 0 Å². The Morgan fingerprint density at radius 2 is 1.55 bits per heavy atom. The minimum absolute atomic E-state index is 0.0125. The first kappa shape index (κ1) is 35.2. The van der Waals surface area contributed by atoms with Crippen LogP contribution in [0.15, 0.2) is 102 Å². The van der Waals surface area contributed by atoms with Crippen LogP contribution in [-0.2, 0) is 27.8 Å². The van der Waals surface area contributed by atoms with E-state index in [1.54, 1.807) is 60.7 Å². The standard InChI is InChI=1S/C38H42N4O6S/c1-2-27-9-8-12-32(25-27)41-49(47,48)35-14-7-6-13-34(35)40-38(46)42(33-21-19-30(20-22-33)29-10-4-3-5-11-29)26-28-15-17-31(18-16-28)37(45)39-24-23-36(43)44/h6-9,12-22,25,29,41H,2-5,10-11,23-24,26H2,1H3,(H,39,45)(H,40,46)(H,43,44). The van der Waals surface area contributed by atoms with Gasteiger partial charge in [-0.1, -0.05) is 74.7 Å². The molecule has 4 N–H and O–H groups in total. The van der Waals surface area contributed by atoms with Crippen molar-refractivity contribution in [2.45, 2.75) is 69.2 Å². The fourth-order valence-electron chi connectivity index (χ4n) is 6.02. The molecule has 4 aromatic carbocycles. The van der Waals surface area contributed by atoms with Crippen molar-refractivity contribution in [2.75, 3.05) is 21.5 Å². The number of urea groups is 1. The summed E-state index contributed by atoms with van der Waals surface area (Å²) in [5.74, 6) is -0.908. The lowest BCUT2D eigenvalue weighted by Gasteiger charge is -2.26. The molecule has 0 radical (unpaired) electrons. The summed E-state index contributed by atoms with van der Waals surface area (Å²) in [5.41, 5.74) is 4.49. The van der Waals surface area contributed by atoms with Gasteiger partial charge in [-0.05, 0) is 90.4 Å². The largest absolute Gasteiger partial charge is 0.481 e. The van der Waals surface area contributed by atoms with E-state index >= 15 is 0 Å². The highest BCUT2D eigenvalue weighted by atomic mass is 32.2. The summed E-state index contributed by atoms with van der Waals surface area (Å²) >= 11 is 0. The number of nitrogens with zero attached hydrogens (tertiary/aromatic N) is 1. The van der Waals surface area contributed by atoms with Gasteiger partial charge in [0.2, 0.25) is 0 Å². The van der Waals surface area contributed by atoms with Crippen LogP contribution < -0.4 is 20.3 Å². The highest BCUT2D eigenvalue weighted by Crippen LogP contribution is 2.34. The Labute approximate surface area is 287 Å². The summed E-state index contributed by atoms with van der Waals surface area (Å²) in [5, 5.41) is 14.3. The maximum atomic E-state index is 14.1. The molecule has 1 aliphatic rings. The third-order valence-corrected chi connectivity index (χ3v) is 10.2. The number of hydrogen-bond acceptors (Lipinski definition) is 5. The molecule has 0 atom stereocenters. The zero-order valence-electron chi connectivity index (χ0n) is 27.5. The van der Waals surface area contributed by atoms with Gasteiger partial charge in [-0.15, -0.1) is 0 Å². The molecule has 3 amide bonds. The van der Waals surface area contributed by atoms with Crippen LogP contribution in [0.3, 0.4) is 0 Å². The number of amides is 3. The second kappa shape index (κ2) is 16.3. The molecule has 0 spiro atoms. The van der Waals surface area contributed by atoms with Gasteiger partial charge in [-0.2, -0.15) is 0 Å². The molecule has 11 heteroatoms. The maximum absolute atomic E-state index is 14.1. The molecule has 4 aromatic rings. The first-order valence-electron chi connectivity index (χ1n) is 16.6. The van der Waals surface area contributed by atoms with E-state index in [0.717, 1.165) is 30.4 Å². The minimum Gasteiger partial charge on any atom is -0.481 e. The van der Waals surface area contributed by atoms with Crippen molar-refractivity contribution in [3.63, 3.8) is 0 Å². The Bertz CT molecular complexity index is 1870. The third kappa shape index (κ3) is 9.48. The lowest BCUT2D eigenvalue weighted by molar-refractivity contribution is -0.136. The van der Waals surface area contributed by atoms with Crippen molar-refractivity contribution in [1.29, 1.82) is 0 Å². The number of benzene rings is 4. The van der Waals surface area contributed by atoms with Gasteiger partial charge in [0.1, 0.15) is 4.90 Å². The highest BCUT2D eigenvalue weighted by molar-refractivity contribution is 7.92. The summed E-state index contributed by atoms with van der Waals surface area (Å²) in [4.78, 5) is 38.8. The van der Waals surface area contributed by atoms with E-state index in [2.05, 4.69) is 27.5 Å². The number of para-hydroxylation sites is 1. The molecule has 0 unspecified atom stereocenters. The Morgan fingerprint density at radius 1 is 0.837 bits per heavy atom. The van der Waals surface area contributed by atoms with Gasteiger partial charge in [-0.3, -0.25) is 19.2 Å². The average Bonchev–Trinajstić information content (AvgIpc) is 3.11. The Morgan fingerprint density at radius 3 is 2.24 bits per heavy atom. The SMILES string of the molecule is CCc1cccc(NS(=O)(=O)c2ccccc2NC(=O)N(Cc2ccc(C(=O)NCCC(=O)O)cc2)c2ccc(C3CCCCC3)cc2)c1. The molecule has 256 valence electrons. The molecule has 0 bridgehead atoms. The van der Waals surface area contributed by atoms with Crippen molar-refractivity contribution >= 4 is 45.0 Å². The van der Waals surface area contributed by atoms with Crippen LogP contribution in [0.4, 0.5) is 21.9 Å². The molecule has 5 rings (SSSR count). The van der Waals surface area contributed by atoms with Crippen LogP contribution in [0.1, 0.15) is 78.4 Å². The first-order valence-corrected chi connectivity index (χ1v) is 18.1. The molecule has 0 saturated heterocycles. The van der Waals surface area contributed by atoms with Crippen molar-refractivity contribution in [1.82, 2.24) is 5.32 Å². The van der Waals surface area contributed by atoms with E-state index in [-0.39, 0.29) is 30.1 Å². The number of carbonyl (C=O) groups is 3. The van der Waals surface area contributed by atoms with Gasteiger partial charge in [0.15, 0.2) is 0 Å². The normalized spacial score (nSPS) is 13.3. The lowest BCUT2D eigenvalue weighted by Crippen LogP contribution is -2.35. The number of carbonyl (C=O) groups excluding carboxylic acids is 2. The molecule has 49 heavy (non-hydrogen) atoms. The van der Waals surface area contributed by atoms with Crippen LogP contribution in [0.5, 0.6) is 0 Å². The predicted molar refractivity (Wildman–Crippen MR) is 192 cm³/mol. The first-order chi connectivity index (χ1) is 23.6. The van der Waals surface area contributed by atoms with Gasteiger partial charge in [0.05, 0.1) is 18.7 Å². The summed E-state index contributed by atoms with van der Waals surface area (Å²) in [6, 6.07) is 27.6. The molecule has 0 aliphatic heterocycles. The van der Waals surface area contributed by atoms with E-state index in [0.29, 0.717) is 22.9 Å². The predicted octanol–water partition coefficient (Wildman–Crippen LogP) is 7.54. The smallest absolute Gasteiger partial charge is 0.326 e. The quantitative estimate of drug-likeness (QED) is 0.115. The van der Waals surface area contributed by atoms with E-state index < -0.39 is 27.9 Å². The lowest BCUT2D eigenvalue weighted by atomic mass is 9.84. The fraction of sp³-hybridized carbons (Fsp3) is 0.289. The number of carboxylic acids is 1. The Hall–Kier alpha value is -5.16. The monoisotopic (exact) mass is 682 g/mol. The van der Waals surface area contributed by atoms with E-state index in [9.17, 15) is 22.8 Å². The van der Waals surface area contributed by atoms with Gasteiger partial charge >= 0.3 is 12.0 Å². The fourth-order valence-corrected chi connectivity index (χ4v) is 7.24. The zero-order chi connectivity index (χ0) is 34.8. The summed E-state index contributed by atoms with van der Waals surface area (Å²) in [6.45, 7) is 2.13. The number of anilines is 3. The van der Waals surface area contributed by atoms with Gasteiger partial charge in [-0.25, -0.2) is 13.2 Å². The molecular weight excluding hydrogens is 641 g/mol. The molecule has 1 saturated carbocycles. The van der Waals surface area contributed by atoms with E-state index in [1.807, 2.05) is 25.1 Å². The van der Waals surface area contributed by atoms with Crippen molar-refractivity contribution in [3.05, 3.63) is 119 Å². The second-order valence-corrected chi connectivity index (χ2v) is 13.8. The molecule has 1 aliphatic carbocycles. The van der Waals surface area contributed by atoms with Gasteiger partial charge in [0, 0.05) is 23.5 Å². The molecule has 0 aromatic heterocycles. The number of sulfonamides is 1. The van der Waals surface area contributed by atoms with Crippen LogP contribution in [0.25, 0.3) is 0 Å². The maximum Gasteiger partial charge on any atom is 0.326 e. The Kier molecular flexibility index (Phi) is 11.7. The van der Waals surface area contributed by atoms with Crippen molar-refractivity contribution in [2.24, 2.45) is 0 Å². The molecule has 10 nitrogen and oxygen atoms in total. The van der Waals surface area contributed by atoms with Gasteiger partial charge < -0.3 is 15.7 Å². The zero-order valence-corrected chi connectivity index (χ0v) is 28.3. The average molecular weight is 683 g/mol. The Balaban J connectivity index is 1.39. The summed E-state index contributed by atoms with van der Waals surface area (Å²) < 4.78 is 29.8. The van der Waals surface area contributed by atoms with Crippen molar-refractivity contribution < 1.29 is 27.9 Å². The summed E-state index contributed by atoms with van der Waals surface area (Å²) in [6.07, 6.45) is 6.51. The van der Waals surface area contributed by atoms with Crippen LogP contribution in [0.2, 0.25) is 0 Å². The van der Waals surface area contributed by atoms with Crippen molar-refractivity contribution in [3.8, 4) is 0 Å². The summed E-state index contributed by atoms with van der Waals surface area (Å²) in [7, 11) is -4.06. The number of rotatable bonds is 13. The van der Waals surface area contributed by atoms with Gasteiger partial charge in [0.25, 0.3) is 15.9 Å². The van der Waals surface area contributed by atoms with E-state index in [4.69, 9.17) is 5.11 Å².